The van der Waals surface area contributed by atoms with Crippen LogP contribution in [0.4, 0.5) is 9.59 Å². The second-order valence-electron chi connectivity index (χ2n) is 12.5. The highest BCUT2D eigenvalue weighted by Gasteiger charge is 2.38. The molecule has 238 valence electrons. The fourth-order valence-corrected chi connectivity index (χ4v) is 5.06. The fourth-order valence-electron chi connectivity index (χ4n) is 5.06. The number of nitrogens with zero attached hydrogens (tertiary/aromatic N) is 1. The molecule has 43 heavy (non-hydrogen) atoms. The summed E-state index contributed by atoms with van der Waals surface area (Å²) in [4.78, 5) is 77.1. The van der Waals surface area contributed by atoms with Crippen LogP contribution in [-0.2, 0) is 28.7 Å². The van der Waals surface area contributed by atoms with Crippen LogP contribution >= 0.6 is 0 Å². The van der Waals surface area contributed by atoms with Crippen molar-refractivity contribution in [2.24, 2.45) is 0 Å². The molecule has 1 saturated heterocycles. The van der Waals surface area contributed by atoms with Crippen molar-refractivity contribution in [2.45, 2.75) is 117 Å². The van der Waals surface area contributed by atoms with Crippen molar-refractivity contribution in [1.82, 2.24) is 20.9 Å². The van der Waals surface area contributed by atoms with Crippen molar-refractivity contribution in [3.05, 3.63) is 22.3 Å². The molecule has 3 N–H and O–H groups in total. The zero-order valence-corrected chi connectivity index (χ0v) is 26.2. The topological polar surface area (TPSA) is 160 Å². The van der Waals surface area contributed by atoms with Crippen LogP contribution in [0.15, 0.2) is 22.3 Å². The number of amides is 4. The van der Waals surface area contributed by atoms with Crippen LogP contribution in [0.25, 0.3) is 0 Å². The molecule has 0 bridgehead atoms. The van der Waals surface area contributed by atoms with Crippen LogP contribution in [0.2, 0.25) is 0 Å². The van der Waals surface area contributed by atoms with Crippen molar-refractivity contribution in [1.29, 1.82) is 0 Å². The third-order valence-corrected chi connectivity index (χ3v) is 7.79. The van der Waals surface area contributed by atoms with E-state index in [0.717, 1.165) is 12.8 Å². The van der Waals surface area contributed by atoms with E-state index in [0.29, 0.717) is 60.9 Å². The molecule has 2 atom stereocenters. The van der Waals surface area contributed by atoms with E-state index in [4.69, 9.17) is 9.47 Å². The standard InChI is InChI=1S/C31H46N4O8/c1-18-19(2)26(37)22(20(3)25(18)36)10-9-17-42-29(40)32-15-7-11-23(27(38)33-21-13-14-21)34-28(39)24-12-8-16-35(24)30(41)43-31(4,5)6/h21,23-24H,7-17H2,1-6H3,(H,32,40)(H,33,38)(H,34,39). The molecule has 3 rings (SSSR count). The Morgan fingerprint density at radius 1 is 0.953 bits per heavy atom. The monoisotopic (exact) mass is 602 g/mol. The van der Waals surface area contributed by atoms with Gasteiger partial charge in [0.05, 0.1) is 6.61 Å². The molecule has 1 aliphatic heterocycles. The minimum absolute atomic E-state index is 0.0733. The lowest BCUT2D eigenvalue weighted by Crippen LogP contribution is -2.54. The number of hydrogen-bond donors (Lipinski definition) is 3. The van der Waals surface area contributed by atoms with Gasteiger partial charge in [-0.15, -0.1) is 0 Å². The minimum Gasteiger partial charge on any atom is -0.450 e. The van der Waals surface area contributed by atoms with Gasteiger partial charge in [-0.05, 0) is 92.9 Å². The Morgan fingerprint density at radius 3 is 2.28 bits per heavy atom. The Morgan fingerprint density at radius 2 is 1.63 bits per heavy atom. The van der Waals surface area contributed by atoms with Crippen LogP contribution in [-0.4, -0.2) is 83.9 Å². The highest BCUT2D eigenvalue weighted by atomic mass is 16.6. The van der Waals surface area contributed by atoms with Crippen LogP contribution in [0, 0.1) is 0 Å². The summed E-state index contributed by atoms with van der Waals surface area (Å²) in [6, 6.07) is -1.43. The normalized spacial score (nSPS) is 19.8. The van der Waals surface area contributed by atoms with Gasteiger partial charge in [0.15, 0.2) is 11.6 Å². The van der Waals surface area contributed by atoms with Gasteiger partial charge < -0.3 is 25.4 Å². The van der Waals surface area contributed by atoms with Gasteiger partial charge in [-0.2, -0.15) is 0 Å². The first-order chi connectivity index (χ1) is 20.2. The lowest BCUT2D eigenvalue weighted by molar-refractivity contribution is -0.131. The predicted molar refractivity (Wildman–Crippen MR) is 158 cm³/mol. The zero-order valence-electron chi connectivity index (χ0n) is 26.2. The van der Waals surface area contributed by atoms with Crippen molar-refractivity contribution in [2.75, 3.05) is 19.7 Å². The van der Waals surface area contributed by atoms with E-state index in [-0.39, 0.29) is 43.1 Å². The number of allylic oxidation sites excluding steroid dienone is 4. The number of Topliss-reactive ketones (excluding diaryl/α,β-unsaturated/α-hetero) is 2. The molecule has 1 heterocycles. The molecule has 12 nitrogen and oxygen atoms in total. The van der Waals surface area contributed by atoms with Gasteiger partial charge in [0, 0.05) is 41.4 Å². The Kier molecular flexibility index (Phi) is 11.5. The summed E-state index contributed by atoms with van der Waals surface area (Å²) in [6.45, 7) is 10.9. The fraction of sp³-hybridized carbons (Fsp3) is 0.677. The third-order valence-electron chi connectivity index (χ3n) is 7.79. The zero-order chi connectivity index (χ0) is 31.9. The first-order valence-electron chi connectivity index (χ1n) is 15.2. The molecule has 1 saturated carbocycles. The third kappa shape index (κ3) is 9.65. The molecule has 4 amide bonds. The Labute approximate surface area is 253 Å². The molecule has 3 aliphatic rings. The van der Waals surface area contributed by atoms with Crippen LogP contribution < -0.4 is 16.0 Å². The minimum atomic E-state index is -0.819. The summed E-state index contributed by atoms with van der Waals surface area (Å²) in [5, 5.41) is 8.37. The highest BCUT2D eigenvalue weighted by molar-refractivity contribution is 6.24. The molecule has 2 unspecified atom stereocenters. The molecule has 0 radical (unpaired) electrons. The number of ether oxygens (including phenoxy) is 2. The number of carbonyl (C=O) groups excluding carboxylic acids is 6. The lowest BCUT2D eigenvalue weighted by Gasteiger charge is -2.29. The van der Waals surface area contributed by atoms with Gasteiger partial charge in [0.25, 0.3) is 0 Å². The Balaban J connectivity index is 1.43. The Bertz CT molecular complexity index is 1190. The van der Waals surface area contributed by atoms with E-state index in [1.807, 2.05) is 0 Å². The maximum atomic E-state index is 13.2. The summed E-state index contributed by atoms with van der Waals surface area (Å²) in [6.07, 6.45) is 3.13. The maximum absolute atomic E-state index is 13.2. The average molecular weight is 603 g/mol. The van der Waals surface area contributed by atoms with Crippen molar-refractivity contribution in [3.63, 3.8) is 0 Å². The molecule has 0 aromatic heterocycles. The quantitative estimate of drug-likeness (QED) is 0.227. The summed E-state index contributed by atoms with van der Waals surface area (Å²) in [5.74, 6) is -0.969. The molecule has 2 fully saturated rings. The van der Waals surface area contributed by atoms with E-state index in [2.05, 4.69) is 16.0 Å². The average Bonchev–Trinajstić information content (AvgIpc) is 3.60. The van der Waals surface area contributed by atoms with Gasteiger partial charge in [-0.1, -0.05) is 0 Å². The first-order valence-corrected chi connectivity index (χ1v) is 15.2. The van der Waals surface area contributed by atoms with Gasteiger partial charge in [0.1, 0.15) is 17.7 Å². The summed E-state index contributed by atoms with van der Waals surface area (Å²) < 4.78 is 10.7. The second kappa shape index (κ2) is 14.7. The van der Waals surface area contributed by atoms with Crippen LogP contribution in [0.5, 0.6) is 0 Å². The van der Waals surface area contributed by atoms with E-state index >= 15 is 0 Å². The second-order valence-corrected chi connectivity index (χ2v) is 12.5. The van der Waals surface area contributed by atoms with Crippen molar-refractivity contribution in [3.8, 4) is 0 Å². The van der Waals surface area contributed by atoms with Gasteiger partial charge in [0.2, 0.25) is 11.8 Å². The number of rotatable bonds is 12. The number of carbonyl (C=O) groups is 6. The molecule has 12 heteroatoms. The highest BCUT2D eigenvalue weighted by Crippen LogP contribution is 2.27. The van der Waals surface area contributed by atoms with Gasteiger partial charge >= 0.3 is 12.2 Å². The Hall–Kier alpha value is -3.70. The van der Waals surface area contributed by atoms with Gasteiger partial charge in [-0.3, -0.25) is 24.1 Å². The van der Waals surface area contributed by atoms with E-state index in [1.165, 1.54) is 4.90 Å². The molecule has 0 aromatic carbocycles. The molecule has 0 aromatic rings. The maximum Gasteiger partial charge on any atom is 0.410 e. The number of likely N-dealkylation sites (tertiary alicyclic amines) is 1. The van der Waals surface area contributed by atoms with Crippen molar-refractivity contribution < 1.29 is 38.2 Å². The molecule has 2 aliphatic carbocycles. The number of nitrogens with one attached hydrogen (secondary N) is 3. The summed E-state index contributed by atoms with van der Waals surface area (Å²) >= 11 is 0. The van der Waals surface area contributed by atoms with E-state index < -0.39 is 35.8 Å². The van der Waals surface area contributed by atoms with E-state index in [9.17, 15) is 28.8 Å². The predicted octanol–water partition coefficient (Wildman–Crippen LogP) is 3.24. The molecule has 0 spiro atoms. The summed E-state index contributed by atoms with van der Waals surface area (Å²) in [5.41, 5.74) is 1.13. The molecular formula is C31H46N4O8. The van der Waals surface area contributed by atoms with Crippen LogP contribution in [0.1, 0.15) is 92.9 Å². The first kappa shape index (κ1) is 33.8. The number of alkyl carbamates (subject to hydrolysis) is 1. The van der Waals surface area contributed by atoms with Crippen LogP contribution in [0.3, 0.4) is 0 Å². The van der Waals surface area contributed by atoms with Crippen molar-refractivity contribution >= 4 is 35.6 Å². The largest absolute Gasteiger partial charge is 0.450 e. The van der Waals surface area contributed by atoms with Gasteiger partial charge in [-0.25, -0.2) is 9.59 Å². The lowest BCUT2D eigenvalue weighted by atomic mass is 9.84. The SMILES string of the molecule is CC1=C(C)C(=O)C(CCCOC(=O)NCCCC(NC(=O)C2CCCN2C(=O)OC(C)(C)C)C(=O)NC2CC2)=C(C)C1=O. The molecular weight excluding hydrogens is 556 g/mol. The number of ketones is 2. The van der Waals surface area contributed by atoms with E-state index in [1.54, 1.807) is 41.5 Å². The number of hydrogen-bond acceptors (Lipinski definition) is 8. The smallest absolute Gasteiger partial charge is 0.410 e. The summed E-state index contributed by atoms with van der Waals surface area (Å²) in [7, 11) is 0.